The predicted molar refractivity (Wildman–Crippen MR) is 84.1 cm³/mol. The van der Waals surface area contributed by atoms with Crippen LogP contribution in [-0.4, -0.2) is 48.5 Å². The summed E-state index contributed by atoms with van der Waals surface area (Å²) in [5.41, 5.74) is 0.566. The van der Waals surface area contributed by atoms with Crippen molar-refractivity contribution in [2.45, 2.75) is 25.8 Å². The minimum absolute atomic E-state index is 0.0880. The van der Waals surface area contributed by atoms with Crippen LogP contribution in [0.1, 0.15) is 30.1 Å². The third-order valence-corrected chi connectivity index (χ3v) is 3.92. The van der Waals surface area contributed by atoms with Gasteiger partial charge in [0.05, 0.1) is 5.56 Å². The Morgan fingerprint density at radius 1 is 1.55 bits per heavy atom. The van der Waals surface area contributed by atoms with Crippen LogP contribution in [0.3, 0.4) is 0 Å². The highest BCUT2D eigenvalue weighted by Gasteiger charge is 2.27. The molecule has 0 atom stereocenters. The molecule has 110 valence electrons. The Hall–Kier alpha value is -1.14. The quantitative estimate of drug-likeness (QED) is 0.798. The number of anilines is 1. The summed E-state index contributed by atoms with van der Waals surface area (Å²) in [6, 6.07) is 2.52. The van der Waals surface area contributed by atoms with E-state index in [1.54, 1.807) is 19.3 Å². The average molecular weight is 341 g/mol. The number of carbonyl (C=O) groups excluding carboxylic acids is 1. The van der Waals surface area contributed by atoms with Crippen LogP contribution < -0.4 is 10.6 Å². The average Bonchev–Trinajstić information content (AvgIpc) is 3.28. The topological polar surface area (TPSA) is 57.3 Å². The summed E-state index contributed by atoms with van der Waals surface area (Å²) in [6.45, 7) is 4.78. The van der Waals surface area contributed by atoms with E-state index in [0.29, 0.717) is 17.9 Å². The lowest BCUT2D eigenvalue weighted by Gasteiger charge is -2.19. The number of carbonyl (C=O) groups is 1. The molecular weight excluding hydrogens is 320 g/mol. The van der Waals surface area contributed by atoms with Gasteiger partial charge in [-0.1, -0.05) is 6.92 Å². The molecule has 1 aromatic heterocycles. The van der Waals surface area contributed by atoms with Crippen LogP contribution in [0, 0.1) is 0 Å². The number of amides is 1. The van der Waals surface area contributed by atoms with Gasteiger partial charge in [0.25, 0.3) is 5.91 Å². The molecule has 6 heteroatoms. The maximum Gasteiger partial charge on any atom is 0.255 e. The third kappa shape index (κ3) is 3.93. The number of nitrogens with one attached hydrogen (secondary N) is 2. The van der Waals surface area contributed by atoms with Crippen LogP contribution in [0.15, 0.2) is 16.7 Å². The number of nitrogens with zero attached hydrogens (tertiary/aromatic N) is 2. The van der Waals surface area contributed by atoms with Crippen molar-refractivity contribution in [2.75, 3.05) is 32.0 Å². The maximum absolute atomic E-state index is 12.2. The van der Waals surface area contributed by atoms with Crippen molar-refractivity contribution >= 4 is 27.7 Å². The molecule has 20 heavy (non-hydrogen) atoms. The molecule has 1 aliphatic rings. The van der Waals surface area contributed by atoms with E-state index in [1.807, 2.05) is 0 Å². The monoisotopic (exact) mass is 340 g/mol. The summed E-state index contributed by atoms with van der Waals surface area (Å²) < 4.78 is 0.801. The van der Waals surface area contributed by atoms with Gasteiger partial charge in [-0.25, -0.2) is 4.98 Å². The van der Waals surface area contributed by atoms with E-state index in [4.69, 9.17) is 0 Å². The van der Waals surface area contributed by atoms with Crippen LogP contribution in [-0.2, 0) is 0 Å². The lowest BCUT2D eigenvalue weighted by Crippen LogP contribution is -2.36. The Morgan fingerprint density at radius 2 is 2.30 bits per heavy atom. The zero-order valence-corrected chi connectivity index (χ0v) is 13.5. The highest BCUT2D eigenvalue weighted by molar-refractivity contribution is 9.10. The summed E-state index contributed by atoms with van der Waals surface area (Å²) in [6.07, 6.45) is 4.26. The van der Waals surface area contributed by atoms with Gasteiger partial charge in [-0.3, -0.25) is 9.69 Å². The molecule has 1 amide bonds. The first-order valence-corrected chi connectivity index (χ1v) is 7.80. The van der Waals surface area contributed by atoms with E-state index in [0.717, 1.165) is 23.6 Å². The van der Waals surface area contributed by atoms with Crippen molar-refractivity contribution in [1.82, 2.24) is 15.2 Å². The number of halogens is 1. The fourth-order valence-electron chi connectivity index (χ4n) is 2.26. The molecule has 0 unspecified atom stereocenters. The summed E-state index contributed by atoms with van der Waals surface area (Å²) in [5.74, 6) is 0.509. The smallest absolute Gasteiger partial charge is 0.255 e. The fraction of sp³-hybridized carbons (Fsp3) is 0.571. The van der Waals surface area contributed by atoms with Gasteiger partial charge in [0.2, 0.25) is 0 Å². The molecule has 2 N–H and O–H groups in total. The molecule has 1 saturated carbocycles. The Bertz CT molecular complexity index is 476. The lowest BCUT2D eigenvalue weighted by atomic mass is 10.2. The highest BCUT2D eigenvalue weighted by Crippen LogP contribution is 2.25. The molecule has 0 radical (unpaired) electrons. The van der Waals surface area contributed by atoms with Crippen LogP contribution in [0.2, 0.25) is 0 Å². The molecule has 1 aliphatic carbocycles. The zero-order chi connectivity index (χ0) is 14.5. The van der Waals surface area contributed by atoms with E-state index in [2.05, 4.69) is 43.4 Å². The first kappa shape index (κ1) is 15.3. The summed E-state index contributed by atoms with van der Waals surface area (Å²) >= 11 is 3.35. The number of hydrogen-bond donors (Lipinski definition) is 2. The van der Waals surface area contributed by atoms with Gasteiger partial charge in [0, 0.05) is 36.8 Å². The van der Waals surface area contributed by atoms with Gasteiger partial charge >= 0.3 is 0 Å². The molecule has 0 spiro atoms. The maximum atomic E-state index is 12.2. The fourth-order valence-corrected chi connectivity index (χ4v) is 2.59. The van der Waals surface area contributed by atoms with Crippen molar-refractivity contribution in [3.63, 3.8) is 0 Å². The van der Waals surface area contributed by atoms with Crippen molar-refractivity contribution < 1.29 is 4.79 Å². The van der Waals surface area contributed by atoms with Gasteiger partial charge in [-0.2, -0.15) is 0 Å². The van der Waals surface area contributed by atoms with Gasteiger partial charge < -0.3 is 10.6 Å². The minimum Gasteiger partial charge on any atom is -0.372 e. The van der Waals surface area contributed by atoms with Crippen LogP contribution in [0.5, 0.6) is 0 Å². The van der Waals surface area contributed by atoms with E-state index in [1.165, 1.54) is 12.8 Å². The second kappa shape index (κ2) is 7.04. The normalized spacial score (nSPS) is 14.4. The van der Waals surface area contributed by atoms with Crippen molar-refractivity contribution in [2.24, 2.45) is 0 Å². The van der Waals surface area contributed by atoms with Gasteiger partial charge in [0.15, 0.2) is 0 Å². The molecule has 0 saturated heterocycles. The van der Waals surface area contributed by atoms with Crippen molar-refractivity contribution in [1.29, 1.82) is 0 Å². The van der Waals surface area contributed by atoms with E-state index in [-0.39, 0.29) is 5.91 Å². The van der Waals surface area contributed by atoms with Gasteiger partial charge in [-0.05, 0) is 41.4 Å². The second-order valence-corrected chi connectivity index (χ2v) is 5.83. The molecule has 2 rings (SSSR count). The third-order valence-electron chi connectivity index (χ3n) is 3.49. The number of hydrogen-bond acceptors (Lipinski definition) is 4. The van der Waals surface area contributed by atoms with Crippen LogP contribution >= 0.6 is 15.9 Å². The van der Waals surface area contributed by atoms with Crippen molar-refractivity contribution in [3.05, 3.63) is 22.3 Å². The van der Waals surface area contributed by atoms with Gasteiger partial charge in [-0.15, -0.1) is 0 Å². The largest absolute Gasteiger partial charge is 0.372 e. The Balaban J connectivity index is 1.89. The molecule has 0 aromatic carbocycles. The Labute approximate surface area is 128 Å². The molecule has 5 nitrogen and oxygen atoms in total. The molecule has 1 heterocycles. The van der Waals surface area contributed by atoms with E-state index >= 15 is 0 Å². The Kier molecular flexibility index (Phi) is 5.37. The lowest BCUT2D eigenvalue weighted by molar-refractivity contribution is 0.0948. The SMILES string of the molecule is CCN(CCNC(=O)c1cc(Br)cnc1NC)C1CC1. The minimum atomic E-state index is -0.0880. The zero-order valence-electron chi connectivity index (χ0n) is 11.9. The Morgan fingerprint density at radius 3 is 2.90 bits per heavy atom. The molecule has 1 aromatic rings. The molecule has 1 fully saturated rings. The number of aromatic nitrogens is 1. The summed E-state index contributed by atoms with van der Waals surface area (Å²) in [4.78, 5) is 18.8. The van der Waals surface area contributed by atoms with Crippen LogP contribution in [0.25, 0.3) is 0 Å². The van der Waals surface area contributed by atoms with Crippen LogP contribution in [0.4, 0.5) is 5.82 Å². The number of pyridine rings is 1. The van der Waals surface area contributed by atoms with Crippen molar-refractivity contribution in [3.8, 4) is 0 Å². The number of rotatable bonds is 7. The summed E-state index contributed by atoms with van der Waals surface area (Å²) in [5, 5.41) is 5.91. The highest BCUT2D eigenvalue weighted by atomic mass is 79.9. The molecular formula is C14H21BrN4O. The van der Waals surface area contributed by atoms with E-state index < -0.39 is 0 Å². The predicted octanol–water partition coefficient (Wildman–Crippen LogP) is 2.10. The first-order valence-electron chi connectivity index (χ1n) is 7.01. The summed E-state index contributed by atoms with van der Waals surface area (Å²) in [7, 11) is 1.76. The van der Waals surface area contributed by atoms with E-state index in [9.17, 15) is 4.79 Å². The number of likely N-dealkylation sites (N-methyl/N-ethyl adjacent to an activating group) is 1. The molecule has 0 bridgehead atoms. The first-order chi connectivity index (χ1) is 9.65. The standard InChI is InChI=1S/C14H21BrN4O/c1-3-19(11-4-5-11)7-6-17-14(20)12-8-10(15)9-18-13(12)16-2/h8-9,11H,3-7H2,1-2H3,(H,16,18)(H,17,20). The molecule has 0 aliphatic heterocycles. The van der Waals surface area contributed by atoms with Gasteiger partial charge in [0.1, 0.15) is 5.82 Å². The second-order valence-electron chi connectivity index (χ2n) is 4.92.